The topological polar surface area (TPSA) is 58.6 Å². The van der Waals surface area contributed by atoms with Gasteiger partial charge in [-0.1, -0.05) is 87.5 Å². The van der Waals surface area contributed by atoms with Crippen LogP contribution in [0.15, 0.2) is 78.9 Å². The lowest BCUT2D eigenvalue weighted by Gasteiger charge is -2.31. The zero-order valence-corrected chi connectivity index (χ0v) is 22.1. The van der Waals surface area contributed by atoms with Gasteiger partial charge in [-0.05, 0) is 46.2 Å². The monoisotopic (exact) mass is 486 g/mol. The highest BCUT2D eigenvalue weighted by Crippen LogP contribution is 2.23. The lowest BCUT2D eigenvalue weighted by molar-refractivity contribution is -0.141. The fourth-order valence-corrected chi connectivity index (χ4v) is 4.25. The van der Waals surface area contributed by atoms with Crippen molar-refractivity contribution in [2.75, 3.05) is 14.2 Å². The number of rotatable bonds is 10. The van der Waals surface area contributed by atoms with Crippen LogP contribution in [0.4, 0.5) is 0 Å². The Labute approximate surface area is 215 Å². The van der Waals surface area contributed by atoms with E-state index in [2.05, 4.69) is 50.4 Å². The Balaban J connectivity index is 1.85. The number of carbonyl (C=O) groups excluding carboxylic acids is 2. The first kappa shape index (κ1) is 27.0. The van der Waals surface area contributed by atoms with E-state index in [1.807, 2.05) is 54.6 Å². The third-order valence-corrected chi connectivity index (χ3v) is 6.45. The number of amides is 2. The largest absolute Gasteiger partial charge is 0.497 e. The molecule has 36 heavy (non-hydrogen) atoms. The molecule has 190 valence electrons. The van der Waals surface area contributed by atoms with Gasteiger partial charge in [-0.15, -0.1) is 0 Å². The molecule has 0 aliphatic carbocycles. The molecule has 2 amide bonds. The smallest absolute Gasteiger partial charge is 0.242 e. The van der Waals surface area contributed by atoms with Gasteiger partial charge in [0.15, 0.2) is 0 Å². The van der Waals surface area contributed by atoms with Gasteiger partial charge in [-0.25, -0.2) is 0 Å². The number of ether oxygens (including phenoxy) is 1. The summed E-state index contributed by atoms with van der Waals surface area (Å²) >= 11 is 0. The molecule has 0 saturated carbocycles. The first-order valence-electron chi connectivity index (χ1n) is 12.5. The summed E-state index contributed by atoms with van der Waals surface area (Å²) in [5, 5.41) is 2.77. The van der Waals surface area contributed by atoms with Crippen LogP contribution in [0, 0.1) is 0 Å². The van der Waals surface area contributed by atoms with Crippen LogP contribution in [-0.4, -0.2) is 36.9 Å². The van der Waals surface area contributed by atoms with E-state index in [0.717, 1.165) is 22.4 Å². The van der Waals surface area contributed by atoms with Crippen molar-refractivity contribution >= 4 is 11.8 Å². The van der Waals surface area contributed by atoms with Crippen LogP contribution in [0.25, 0.3) is 0 Å². The number of carbonyl (C=O) groups is 2. The number of methoxy groups -OCH3 is 1. The van der Waals surface area contributed by atoms with Crippen molar-refractivity contribution in [1.29, 1.82) is 0 Å². The highest BCUT2D eigenvalue weighted by atomic mass is 16.5. The van der Waals surface area contributed by atoms with Gasteiger partial charge in [0.25, 0.3) is 0 Å². The average Bonchev–Trinajstić information content (AvgIpc) is 2.89. The minimum atomic E-state index is -0.626. The Morgan fingerprint density at radius 3 is 2.17 bits per heavy atom. The zero-order chi connectivity index (χ0) is 26.1. The molecule has 0 aliphatic heterocycles. The van der Waals surface area contributed by atoms with Crippen LogP contribution in [-0.2, 0) is 34.4 Å². The van der Waals surface area contributed by atoms with E-state index in [-0.39, 0.29) is 17.2 Å². The van der Waals surface area contributed by atoms with E-state index in [9.17, 15) is 9.59 Å². The molecular weight excluding hydrogens is 448 g/mol. The van der Waals surface area contributed by atoms with Gasteiger partial charge in [-0.3, -0.25) is 9.59 Å². The Bertz CT molecular complexity index is 1130. The van der Waals surface area contributed by atoms with Gasteiger partial charge in [0.1, 0.15) is 11.8 Å². The van der Waals surface area contributed by atoms with Crippen molar-refractivity contribution in [3.63, 3.8) is 0 Å². The molecule has 0 unspecified atom stereocenters. The van der Waals surface area contributed by atoms with Gasteiger partial charge in [0.2, 0.25) is 11.8 Å². The van der Waals surface area contributed by atoms with Crippen molar-refractivity contribution in [2.24, 2.45) is 0 Å². The molecule has 0 aliphatic rings. The maximum atomic E-state index is 13.7. The quantitative estimate of drug-likeness (QED) is 0.422. The van der Waals surface area contributed by atoms with Crippen LogP contribution >= 0.6 is 0 Å². The minimum absolute atomic E-state index is 0.0535. The van der Waals surface area contributed by atoms with E-state index in [0.29, 0.717) is 25.8 Å². The molecule has 0 spiro atoms. The second-order valence-corrected chi connectivity index (χ2v) is 10.1. The maximum absolute atomic E-state index is 13.7. The Morgan fingerprint density at radius 2 is 1.56 bits per heavy atom. The summed E-state index contributed by atoms with van der Waals surface area (Å²) in [6.07, 6.45) is 1.38. The predicted octanol–water partition coefficient (Wildman–Crippen LogP) is 5.31. The van der Waals surface area contributed by atoms with Crippen molar-refractivity contribution in [3.8, 4) is 5.75 Å². The minimum Gasteiger partial charge on any atom is -0.497 e. The van der Waals surface area contributed by atoms with Gasteiger partial charge in [-0.2, -0.15) is 0 Å². The molecule has 3 rings (SSSR count). The fraction of sp³-hybridized carbons (Fsp3) is 0.355. The van der Waals surface area contributed by atoms with Crippen LogP contribution in [0.5, 0.6) is 5.75 Å². The van der Waals surface area contributed by atoms with Crippen molar-refractivity contribution in [1.82, 2.24) is 10.2 Å². The van der Waals surface area contributed by atoms with Crippen molar-refractivity contribution in [3.05, 3.63) is 101 Å². The standard InChI is InChI=1S/C31H38N2O3/c1-31(2,3)26-17-14-23(15-18-26)16-19-29(34)33(22-25-12-9-13-27(20-25)36-5)28(30(35)32-4)21-24-10-7-6-8-11-24/h6-15,17-18,20,28H,16,19,21-22H2,1-5H3,(H,32,35)/t28-/m1/s1. The Hall–Kier alpha value is -3.60. The first-order valence-corrected chi connectivity index (χ1v) is 12.5. The second kappa shape index (κ2) is 12.4. The summed E-state index contributed by atoms with van der Waals surface area (Å²) in [5.74, 6) is 0.491. The summed E-state index contributed by atoms with van der Waals surface area (Å²) in [6.45, 7) is 6.89. The second-order valence-electron chi connectivity index (χ2n) is 10.1. The van der Waals surface area contributed by atoms with Crippen LogP contribution in [0.3, 0.4) is 0 Å². The molecule has 0 heterocycles. The molecule has 5 nitrogen and oxygen atoms in total. The first-order chi connectivity index (χ1) is 17.2. The molecule has 0 saturated heterocycles. The lowest BCUT2D eigenvalue weighted by atomic mass is 9.86. The Kier molecular flexibility index (Phi) is 9.29. The highest BCUT2D eigenvalue weighted by Gasteiger charge is 2.29. The fourth-order valence-electron chi connectivity index (χ4n) is 4.25. The van der Waals surface area contributed by atoms with Crippen molar-refractivity contribution in [2.45, 2.75) is 58.0 Å². The number of hydrogen-bond donors (Lipinski definition) is 1. The average molecular weight is 487 g/mol. The third kappa shape index (κ3) is 7.45. The van der Waals surface area contributed by atoms with Crippen molar-refractivity contribution < 1.29 is 14.3 Å². The molecular formula is C31H38N2O3. The van der Waals surface area contributed by atoms with Crippen LogP contribution < -0.4 is 10.1 Å². The highest BCUT2D eigenvalue weighted by molar-refractivity contribution is 5.88. The number of nitrogens with zero attached hydrogens (tertiary/aromatic N) is 1. The SMILES string of the molecule is CNC(=O)[C@@H](Cc1ccccc1)N(Cc1cccc(OC)c1)C(=O)CCc1ccc(C(C)(C)C)cc1. The molecule has 0 radical (unpaired) electrons. The number of benzene rings is 3. The molecule has 3 aromatic carbocycles. The lowest BCUT2D eigenvalue weighted by Crippen LogP contribution is -2.49. The maximum Gasteiger partial charge on any atom is 0.242 e. The normalized spacial score (nSPS) is 12.0. The Morgan fingerprint density at radius 1 is 0.889 bits per heavy atom. The molecule has 1 N–H and O–H groups in total. The van der Waals surface area contributed by atoms with E-state index >= 15 is 0 Å². The summed E-state index contributed by atoms with van der Waals surface area (Å²) in [4.78, 5) is 28.4. The van der Waals surface area contributed by atoms with E-state index in [1.54, 1.807) is 19.1 Å². The summed E-state index contributed by atoms with van der Waals surface area (Å²) in [5.41, 5.74) is 4.38. The van der Waals surface area contributed by atoms with Crippen LogP contribution in [0.2, 0.25) is 0 Å². The van der Waals surface area contributed by atoms with Crippen LogP contribution in [0.1, 0.15) is 49.4 Å². The van der Waals surface area contributed by atoms with E-state index in [1.165, 1.54) is 5.56 Å². The summed E-state index contributed by atoms with van der Waals surface area (Å²) < 4.78 is 5.38. The molecule has 0 aromatic heterocycles. The zero-order valence-electron chi connectivity index (χ0n) is 22.1. The predicted molar refractivity (Wildman–Crippen MR) is 145 cm³/mol. The third-order valence-electron chi connectivity index (χ3n) is 6.45. The molecule has 5 heteroatoms. The molecule has 1 atom stereocenters. The summed E-state index contributed by atoms with van der Waals surface area (Å²) in [7, 11) is 3.24. The molecule has 0 fully saturated rings. The summed E-state index contributed by atoms with van der Waals surface area (Å²) in [6, 6.07) is 25.3. The van der Waals surface area contributed by atoms with Gasteiger partial charge < -0.3 is 15.0 Å². The van der Waals surface area contributed by atoms with Gasteiger partial charge in [0, 0.05) is 26.4 Å². The molecule has 3 aromatic rings. The van der Waals surface area contributed by atoms with E-state index in [4.69, 9.17) is 4.74 Å². The van der Waals surface area contributed by atoms with E-state index < -0.39 is 6.04 Å². The number of hydrogen-bond acceptors (Lipinski definition) is 3. The number of likely N-dealkylation sites (N-methyl/N-ethyl adjacent to an activating group) is 1. The number of aryl methyl sites for hydroxylation is 1. The molecule has 0 bridgehead atoms. The van der Waals surface area contributed by atoms with Gasteiger partial charge in [0.05, 0.1) is 7.11 Å². The number of nitrogens with one attached hydrogen (secondary N) is 1. The van der Waals surface area contributed by atoms with Gasteiger partial charge >= 0.3 is 0 Å².